The molecule has 5 rings (SSSR count). The molecule has 0 unspecified atom stereocenters. The molecule has 0 spiro atoms. The summed E-state index contributed by atoms with van der Waals surface area (Å²) in [5.41, 5.74) is 2.88. The summed E-state index contributed by atoms with van der Waals surface area (Å²) in [5.74, 6) is 0.481. The molecule has 1 N–H and O–H groups in total. The Hall–Kier alpha value is -4.07. The molecular formula is C22H17N3O5. The maximum atomic E-state index is 13.5. The lowest BCUT2D eigenvalue weighted by molar-refractivity contribution is -0.385. The summed E-state index contributed by atoms with van der Waals surface area (Å²) in [4.78, 5) is 26.4. The van der Waals surface area contributed by atoms with E-state index in [1.165, 1.54) is 6.07 Å². The number of anilines is 2. The first-order chi connectivity index (χ1) is 14.5. The van der Waals surface area contributed by atoms with Gasteiger partial charge in [-0.15, -0.1) is 0 Å². The predicted octanol–water partition coefficient (Wildman–Crippen LogP) is 4.40. The number of benzene rings is 3. The van der Waals surface area contributed by atoms with Crippen LogP contribution in [0.15, 0.2) is 60.7 Å². The maximum absolute atomic E-state index is 13.5. The van der Waals surface area contributed by atoms with Crippen molar-refractivity contribution in [3.8, 4) is 11.5 Å². The summed E-state index contributed by atoms with van der Waals surface area (Å²) in [6, 6.07) is 17.5. The Morgan fingerprint density at radius 2 is 1.83 bits per heavy atom. The van der Waals surface area contributed by atoms with E-state index in [-0.39, 0.29) is 18.4 Å². The van der Waals surface area contributed by atoms with E-state index in [2.05, 4.69) is 5.32 Å². The second kappa shape index (κ2) is 6.77. The summed E-state index contributed by atoms with van der Waals surface area (Å²) in [6.45, 7) is 1.93. The minimum absolute atomic E-state index is 0.00258. The molecule has 30 heavy (non-hydrogen) atoms. The predicted molar refractivity (Wildman–Crippen MR) is 110 cm³/mol. The lowest BCUT2D eigenvalue weighted by Crippen LogP contribution is -2.43. The van der Waals surface area contributed by atoms with Crippen LogP contribution in [-0.4, -0.2) is 17.6 Å². The van der Waals surface area contributed by atoms with Crippen molar-refractivity contribution in [3.63, 3.8) is 0 Å². The van der Waals surface area contributed by atoms with Crippen molar-refractivity contribution in [3.05, 3.63) is 87.5 Å². The van der Waals surface area contributed by atoms with Crippen LogP contribution in [0.3, 0.4) is 0 Å². The number of ether oxygens (including phenoxy) is 2. The van der Waals surface area contributed by atoms with Gasteiger partial charge in [0.25, 0.3) is 11.6 Å². The fourth-order valence-electron chi connectivity index (χ4n) is 3.84. The third-order valence-corrected chi connectivity index (χ3v) is 5.22. The van der Waals surface area contributed by atoms with Gasteiger partial charge in [-0.2, -0.15) is 0 Å². The summed E-state index contributed by atoms with van der Waals surface area (Å²) in [6.07, 6.45) is -0.802. The van der Waals surface area contributed by atoms with E-state index in [4.69, 9.17) is 9.47 Å². The molecule has 0 aliphatic carbocycles. The Bertz CT molecular complexity index is 1190. The average molecular weight is 403 g/mol. The molecule has 0 bridgehead atoms. The number of rotatable bonds is 3. The third kappa shape index (κ3) is 2.81. The molecule has 1 amide bonds. The first kappa shape index (κ1) is 18.0. The molecule has 2 heterocycles. The number of para-hydroxylation sites is 1. The molecule has 0 radical (unpaired) electrons. The summed E-state index contributed by atoms with van der Waals surface area (Å²) in [5, 5.41) is 15.2. The number of aryl methyl sites for hydroxylation is 1. The number of hydrogen-bond acceptors (Lipinski definition) is 6. The smallest absolute Gasteiger partial charge is 0.280 e. The summed E-state index contributed by atoms with van der Waals surface area (Å²) in [7, 11) is 0. The lowest BCUT2D eigenvalue weighted by Gasteiger charge is -2.38. The zero-order chi connectivity index (χ0) is 20.8. The standard InChI is InChI=1S/C22H17N3O5/c1-13-5-4-6-14(9-13)24-21(23-17-8-3-2-7-15(17)22(24)26)16-10-19-20(30-12-29-19)11-18(16)25(27)28/h2-11,21,23H,12H2,1H3/t21-/m1/s1. The highest BCUT2D eigenvalue weighted by molar-refractivity contribution is 6.12. The van der Waals surface area contributed by atoms with E-state index < -0.39 is 11.1 Å². The SMILES string of the molecule is Cc1cccc(N2C(=O)c3ccccc3N[C@H]2c2cc3c(cc2[N+](=O)[O-])OCO3)c1. The van der Waals surface area contributed by atoms with Crippen molar-refractivity contribution in [2.45, 2.75) is 13.1 Å². The fraction of sp³-hybridized carbons (Fsp3) is 0.136. The Kier molecular flexibility index (Phi) is 4.06. The van der Waals surface area contributed by atoms with E-state index >= 15 is 0 Å². The number of hydrogen-bond donors (Lipinski definition) is 1. The topological polar surface area (TPSA) is 93.9 Å². The Labute approximate surface area is 171 Å². The van der Waals surface area contributed by atoms with Crippen LogP contribution in [0.4, 0.5) is 17.1 Å². The van der Waals surface area contributed by atoms with Gasteiger partial charge in [-0.1, -0.05) is 24.3 Å². The molecule has 0 aromatic heterocycles. The van der Waals surface area contributed by atoms with Gasteiger partial charge in [0.1, 0.15) is 6.17 Å². The van der Waals surface area contributed by atoms with Gasteiger partial charge in [0.05, 0.1) is 22.1 Å². The highest BCUT2D eigenvalue weighted by Crippen LogP contribution is 2.44. The van der Waals surface area contributed by atoms with Gasteiger partial charge in [-0.3, -0.25) is 19.8 Å². The van der Waals surface area contributed by atoms with Gasteiger partial charge in [0, 0.05) is 11.4 Å². The van der Waals surface area contributed by atoms with Crippen LogP contribution in [0.25, 0.3) is 0 Å². The molecule has 3 aromatic rings. The number of fused-ring (bicyclic) bond motifs is 2. The monoisotopic (exact) mass is 403 g/mol. The number of amides is 1. The van der Waals surface area contributed by atoms with Crippen molar-refractivity contribution in [1.82, 2.24) is 0 Å². The molecule has 0 saturated carbocycles. The Morgan fingerprint density at radius 1 is 1.07 bits per heavy atom. The second-order valence-corrected chi connectivity index (χ2v) is 7.13. The van der Waals surface area contributed by atoms with Crippen molar-refractivity contribution < 1.29 is 19.2 Å². The van der Waals surface area contributed by atoms with Gasteiger partial charge in [-0.25, -0.2) is 0 Å². The van der Waals surface area contributed by atoms with Gasteiger partial charge in [0.15, 0.2) is 11.5 Å². The van der Waals surface area contributed by atoms with E-state index in [9.17, 15) is 14.9 Å². The van der Waals surface area contributed by atoms with Gasteiger partial charge < -0.3 is 14.8 Å². The number of nitro benzene ring substituents is 1. The number of nitro groups is 1. The van der Waals surface area contributed by atoms with Crippen LogP contribution >= 0.6 is 0 Å². The number of nitrogens with one attached hydrogen (secondary N) is 1. The highest BCUT2D eigenvalue weighted by Gasteiger charge is 2.38. The lowest BCUT2D eigenvalue weighted by atomic mass is 10.0. The molecule has 8 nitrogen and oxygen atoms in total. The number of carbonyl (C=O) groups is 1. The first-order valence-corrected chi connectivity index (χ1v) is 9.36. The van der Waals surface area contributed by atoms with Crippen molar-refractivity contribution in [1.29, 1.82) is 0 Å². The quantitative estimate of drug-likeness (QED) is 0.514. The van der Waals surface area contributed by atoms with Crippen molar-refractivity contribution in [2.75, 3.05) is 17.0 Å². The maximum Gasteiger partial charge on any atom is 0.280 e. The normalized spacial score (nSPS) is 16.8. The van der Waals surface area contributed by atoms with Crippen molar-refractivity contribution >= 4 is 23.0 Å². The Balaban J connectivity index is 1.73. The number of nitrogens with zero attached hydrogens (tertiary/aromatic N) is 2. The van der Waals surface area contributed by atoms with Gasteiger partial charge in [-0.05, 0) is 42.8 Å². The van der Waals surface area contributed by atoms with Crippen LogP contribution < -0.4 is 19.7 Å². The van der Waals surface area contributed by atoms with E-state index in [1.807, 2.05) is 37.3 Å². The highest BCUT2D eigenvalue weighted by atomic mass is 16.7. The van der Waals surface area contributed by atoms with Crippen LogP contribution in [-0.2, 0) is 0 Å². The van der Waals surface area contributed by atoms with Gasteiger partial charge in [0.2, 0.25) is 6.79 Å². The fourth-order valence-corrected chi connectivity index (χ4v) is 3.84. The molecule has 8 heteroatoms. The molecule has 2 aliphatic rings. The zero-order valence-electron chi connectivity index (χ0n) is 16.0. The zero-order valence-corrected chi connectivity index (χ0v) is 16.0. The first-order valence-electron chi connectivity index (χ1n) is 9.36. The molecular weight excluding hydrogens is 386 g/mol. The minimum atomic E-state index is -0.802. The third-order valence-electron chi connectivity index (χ3n) is 5.22. The molecule has 0 fully saturated rings. The Morgan fingerprint density at radius 3 is 2.60 bits per heavy atom. The van der Waals surface area contributed by atoms with E-state index in [0.717, 1.165) is 5.56 Å². The van der Waals surface area contributed by atoms with Crippen molar-refractivity contribution in [2.24, 2.45) is 0 Å². The molecule has 0 saturated heterocycles. The van der Waals surface area contributed by atoms with Crippen LogP contribution in [0, 0.1) is 17.0 Å². The summed E-state index contributed by atoms with van der Waals surface area (Å²) < 4.78 is 10.8. The minimum Gasteiger partial charge on any atom is -0.454 e. The number of carbonyl (C=O) groups excluding carboxylic acids is 1. The molecule has 150 valence electrons. The molecule has 3 aromatic carbocycles. The van der Waals surface area contributed by atoms with E-state index in [1.54, 1.807) is 29.2 Å². The van der Waals surface area contributed by atoms with Crippen LogP contribution in [0.2, 0.25) is 0 Å². The molecule has 1 atom stereocenters. The second-order valence-electron chi connectivity index (χ2n) is 7.13. The van der Waals surface area contributed by atoms with Gasteiger partial charge >= 0.3 is 0 Å². The summed E-state index contributed by atoms with van der Waals surface area (Å²) >= 11 is 0. The largest absolute Gasteiger partial charge is 0.454 e. The van der Waals surface area contributed by atoms with Crippen LogP contribution in [0.1, 0.15) is 27.7 Å². The molecule has 2 aliphatic heterocycles. The van der Waals surface area contributed by atoms with E-state index in [0.29, 0.717) is 34.0 Å². The van der Waals surface area contributed by atoms with Crippen LogP contribution in [0.5, 0.6) is 11.5 Å². The average Bonchev–Trinajstić information content (AvgIpc) is 3.20.